The van der Waals surface area contributed by atoms with Gasteiger partial charge in [0.25, 0.3) is 5.91 Å². The van der Waals surface area contributed by atoms with Crippen molar-refractivity contribution in [1.29, 1.82) is 0 Å². The van der Waals surface area contributed by atoms with E-state index in [0.717, 1.165) is 21.7 Å². The van der Waals surface area contributed by atoms with Gasteiger partial charge in [-0.1, -0.05) is 11.8 Å². The molecular formula is C17H17NO2S. The zero-order chi connectivity index (χ0) is 15.2. The Morgan fingerprint density at radius 3 is 2.76 bits per heavy atom. The molecule has 1 amide bonds. The van der Waals surface area contributed by atoms with Crippen LogP contribution in [0, 0.1) is 25.7 Å². The van der Waals surface area contributed by atoms with Gasteiger partial charge in [0.15, 0.2) is 0 Å². The molecule has 3 nitrogen and oxygen atoms in total. The minimum atomic E-state index is -0.104. The number of rotatable bonds is 3. The number of aryl methyl sites for hydroxylation is 2. The minimum Gasteiger partial charge on any atom is -0.395 e. The zero-order valence-electron chi connectivity index (χ0n) is 12.1. The van der Waals surface area contributed by atoms with Crippen molar-refractivity contribution in [2.45, 2.75) is 20.3 Å². The van der Waals surface area contributed by atoms with E-state index in [9.17, 15) is 4.79 Å². The summed E-state index contributed by atoms with van der Waals surface area (Å²) in [5.41, 5.74) is 2.60. The van der Waals surface area contributed by atoms with Gasteiger partial charge in [-0.2, -0.15) is 0 Å². The van der Waals surface area contributed by atoms with Gasteiger partial charge in [0.05, 0.1) is 11.5 Å². The van der Waals surface area contributed by atoms with Crippen LogP contribution in [0.2, 0.25) is 0 Å². The predicted molar refractivity (Wildman–Crippen MR) is 86.8 cm³/mol. The molecule has 2 aromatic rings. The summed E-state index contributed by atoms with van der Waals surface area (Å²) in [6.07, 6.45) is 0.449. The lowest BCUT2D eigenvalue weighted by Crippen LogP contribution is -2.10. The van der Waals surface area contributed by atoms with E-state index in [-0.39, 0.29) is 12.5 Å². The van der Waals surface area contributed by atoms with Crippen molar-refractivity contribution in [1.82, 2.24) is 0 Å². The Hall–Kier alpha value is -2.09. The van der Waals surface area contributed by atoms with Crippen LogP contribution in [0.4, 0.5) is 5.69 Å². The fraction of sp³-hybridized carbons (Fsp3) is 0.235. The second-order valence-electron chi connectivity index (χ2n) is 4.73. The highest BCUT2D eigenvalue weighted by Gasteiger charge is 2.08. The van der Waals surface area contributed by atoms with Gasteiger partial charge in [0.2, 0.25) is 0 Å². The second-order valence-corrected chi connectivity index (χ2v) is 6.02. The molecule has 0 aliphatic heterocycles. The monoisotopic (exact) mass is 299 g/mol. The van der Waals surface area contributed by atoms with Crippen molar-refractivity contribution in [2.75, 3.05) is 11.9 Å². The molecule has 4 heteroatoms. The quantitative estimate of drug-likeness (QED) is 0.854. The Bertz CT molecular complexity index is 707. The lowest BCUT2D eigenvalue weighted by atomic mass is 10.1. The van der Waals surface area contributed by atoms with Crippen molar-refractivity contribution in [3.63, 3.8) is 0 Å². The van der Waals surface area contributed by atoms with Gasteiger partial charge < -0.3 is 10.4 Å². The molecule has 0 saturated heterocycles. The molecule has 1 aromatic heterocycles. The topological polar surface area (TPSA) is 49.3 Å². The van der Waals surface area contributed by atoms with Gasteiger partial charge >= 0.3 is 0 Å². The number of hydrogen-bond donors (Lipinski definition) is 2. The van der Waals surface area contributed by atoms with Crippen molar-refractivity contribution in [3.8, 4) is 11.8 Å². The average Bonchev–Trinajstić information content (AvgIpc) is 2.85. The molecule has 1 aromatic carbocycles. The Morgan fingerprint density at radius 2 is 2.10 bits per heavy atom. The van der Waals surface area contributed by atoms with Crippen molar-refractivity contribution < 1.29 is 9.90 Å². The SMILES string of the molecule is Cc1cc(C#CCCO)cc(NC(=O)c2ccc(C)s2)c1. The van der Waals surface area contributed by atoms with E-state index in [2.05, 4.69) is 17.2 Å². The van der Waals surface area contributed by atoms with Gasteiger partial charge in [-0.05, 0) is 49.7 Å². The summed E-state index contributed by atoms with van der Waals surface area (Å²) < 4.78 is 0. The van der Waals surface area contributed by atoms with Crippen LogP contribution in [-0.4, -0.2) is 17.6 Å². The number of anilines is 1. The van der Waals surface area contributed by atoms with Crippen LogP contribution >= 0.6 is 11.3 Å². The molecule has 1 heterocycles. The maximum absolute atomic E-state index is 12.1. The van der Waals surface area contributed by atoms with Crippen molar-refractivity contribution in [3.05, 3.63) is 51.2 Å². The highest BCUT2D eigenvalue weighted by Crippen LogP contribution is 2.19. The smallest absolute Gasteiger partial charge is 0.265 e. The first kappa shape index (κ1) is 15.3. The van der Waals surface area contributed by atoms with E-state index in [0.29, 0.717) is 11.3 Å². The third-order valence-corrected chi connectivity index (χ3v) is 3.77. The summed E-state index contributed by atoms with van der Waals surface area (Å²) in [7, 11) is 0. The molecule has 0 saturated carbocycles. The third-order valence-electron chi connectivity index (χ3n) is 2.77. The second kappa shape index (κ2) is 7.07. The number of carbonyl (C=O) groups is 1. The van der Waals surface area contributed by atoms with Crippen LogP contribution in [0.3, 0.4) is 0 Å². The van der Waals surface area contributed by atoms with Crippen LogP contribution in [0.15, 0.2) is 30.3 Å². The largest absolute Gasteiger partial charge is 0.395 e. The molecule has 2 rings (SSSR count). The van der Waals surface area contributed by atoms with E-state index in [1.54, 1.807) is 0 Å². The first-order valence-corrected chi connectivity index (χ1v) is 7.49. The Balaban J connectivity index is 2.17. The van der Waals surface area contributed by atoms with Gasteiger partial charge in [-0.3, -0.25) is 4.79 Å². The number of carbonyl (C=O) groups excluding carboxylic acids is 1. The Morgan fingerprint density at radius 1 is 1.29 bits per heavy atom. The Kier molecular flexibility index (Phi) is 5.15. The summed E-state index contributed by atoms with van der Waals surface area (Å²) in [5, 5.41) is 11.6. The van der Waals surface area contributed by atoms with Crippen molar-refractivity contribution in [2.24, 2.45) is 0 Å². The molecule has 0 fully saturated rings. The summed E-state index contributed by atoms with van der Waals surface area (Å²) in [6.45, 7) is 3.99. The molecule has 108 valence electrons. The first-order chi connectivity index (χ1) is 10.1. The summed E-state index contributed by atoms with van der Waals surface area (Å²) >= 11 is 1.47. The van der Waals surface area contributed by atoms with Crippen LogP contribution in [-0.2, 0) is 0 Å². The van der Waals surface area contributed by atoms with Gasteiger partial charge in [-0.15, -0.1) is 11.3 Å². The summed E-state index contributed by atoms with van der Waals surface area (Å²) in [6, 6.07) is 9.47. The average molecular weight is 299 g/mol. The van der Waals surface area contributed by atoms with E-state index >= 15 is 0 Å². The summed E-state index contributed by atoms with van der Waals surface area (Å²) in [5.74, 6) is 5.76. The van der Waals surface area contributed by atoms with E-state index in [1.165, 1.54) is 11.3 Å². The van der Waals surface area contributed by atoms with Gasteiger partial charge in [-0.25, -0.2) is 0 Å². The van der Waals surface area contributed by atoms with E-state index < -0.39 is 0 Å². The molecule has 0 aliphatic carbocycles. The fourth-order valence-corrected chi connectivity index (χ4v) is 2.66. The molecule has 0 radical (unpaired) electrons. The molecule has 21 heavy (non-hydrogen) atoms. The van der Waals surface area contributed by atoms with Crippen LogP contribution in [0.1, 0.15) is 32.1 Å². The molecule has 0 atom stereocenters. The third kappa shape index (κ3) is 4.45. The number of benzene rings is 1. The summed E-state index contributed by atoms with van der Waals surface area (Å²) in [4.78, 5) is 13.9. The highest BCUT2D eigenvalue weighted by atomic mass is 32.1. The number of nitrogens with one attached hydrogen (secondary N) is 1. The predicted octanol–water partition coefficient (Wildman–Crippen LogP) is 3.35. The lowest BCUT2D eigenvalue weighted by Gasteiger charge is -2.06. The Labute approximate surface area is 128 Å². The zero-order valence-corrected chi connectivity index (χ0v) is 12.9. The maximum Gasteiger partial charge on any atom is 0.265 e. The van der Waals surface area contributed by atoms with Crippen LogP contribution in [0.25, 0.3) is 0 Å². The highest BCUT2D eigenvalue weighted by molar-refractivity contribution is 7.14. The molecular weight excluding hydrogens is 282 g/mol. The molecule has 0 spiro atoms. The standard InChI is InChI=1S/C17H17NO2S/c1-12-9-14(5-3-4-8-19)11-15(10-12)18-17(20)16-7-6-13(2)21-16/h6-7,9-11,19H,4,8H2,1-2H3,(H,18,20). The number of amides is 1. The lowest BCUT2D eigenvalue weighted by molar-refractivity contribution is 0.103. The van der Waals surface area contributed by atoms with Gasteiger partial charge in [0, 0.05) is 22.5 Å². The molecule has 0 unspecified atom stereocenters. The minimum absolute atomic E-state index is 0.0557. The van der Waals surface area contributed by atoms with Crippen LogP contribution < -0.4 is 5.32 Å². The molecule has 2 N–H and O–H groups in total. The molecule has 0 aliphatic rings. The van der Waals surface area contributed by atoms with E-state index in [1.807, 2.05) is 44.2 Å². The van der Waals surface area contributed by atoms with E-state index in [4.69, 9.17) is 5.11 Å². The van der Waals surface area contributed by atoms with Gasteiger partial charge in [0.1, 0.15) is 0 Å². The number of hydrogen-bond acceptors (Lipinski definition) is 3. The van der Waals surface area contributed by atoms with Crippen LogP contribution in [0.5, 0.6) is 0 Å². The maximum atomic E-state index is 12.1. The number of aliphatic hydroxyl groups excluding tert-OH is 1. The van der Waals surface area contributed by atoms with Crippen molar-refractivity contribution >= 4 is 22.9 Å². The molecule has 0 bridgehead atoms. The fourth-order valence-electron chi connectivity index (χ4n) is 1.90. The number of thiophene rings is 1. The normalized spacial score (nSPS) is 9.86. The first-order valence-electron chi connectivity index (χ1n) is 6.67. The number of aliphatic hydroxyl groups is 1.